The molecule has 0 aliphatic rings. The molecular weight excluding hydrogens is 234 g/mol. The van der Waals surface area contributed by atoms with Crippen LogP contribution in [0.5, 0.6) is 5.75 Å². The number of carboxylic acid groups (broad SMARTS) is 1. The van der Waals surface area contributed by atoms with E-state index in [0.717, 1.165) is 0 Å². The maximum Gasteiger partial charge on any atom is 0.305 e. The number of rotatable bonds is 4. The van der Waals surface area contributed by atoms with Gasteiger partial charge in [0.15, 0.2) is 0 Å². The van der Waals surface area contributed by atoms with E-state index in [1.165, 1.54) is 18.2 Å². The number of aryl methyl sites for hydroxylation is 1. The van der Waals surface area contributed by atoms with Gasteiger partial charge in [-0.3, -0.25) is 9.59 Å². The largest absolute Gasteiger partial charge is 0.508 e. The molecule has 0 bridgehead atoms. The molecule has 3 N–H and O–H groups in total. The van der Waals surface area contributed by atoms with Gasteiger partial charge < -0.3 is 15.5 Å². The number of carbonyl (C=O) groups excluding carboxylic acids is 1. The lowest BCUT2D eigenvalue weighted by Crippen LogP contribution is -2.45. The summed E-state index contributed by atoms with van der Waals surface area (Å²) in [6.45, 7) is 5.00. The van der Waals surface area contributed by atoms with Crippen molar-refractivity contribution < 1.29 is 19.8 Å². The maximum absolute atomic E-state index is 12.0. The van der Waals surface area contributed by atoms with Crippen molar-refractivity contribution in [3.63, 3.8) is 0 Å². The van der Waals surface area contributed by atoms with Crippen LogP contribution in [0.3, 0.4) is 0 Å². The number of hydrogen-bond acceptors (Lipinski definition) is 3. The number of phenols is 1. The molecule has 1 aromatic rings. The van der Waals surface area contributed by atoms with Crippen molar-refractivity contribution in [2.45, 2.75) is 32.7 Å². The average Bonchev–Trinajstić information content (AvgIpc) is 2.13. The molecule has 0 saturated heterocycles. The van der Waals surface area contributed by atoms with Gasteiger partial charge in [0.05, 0.1) is 6.42 Å². The molecule has 0 aliphatic heterocycles. The smallest absolute Gasteiger partial charge is 0.305 e. The highest BCUT2D eigenvalue weighted by atomic mass is 16.4. The van der Waals surface area contributed by atoms with Gasteiger partial charge in [-0.25, -0.2) is 0 Å². The van der Waals surface area contributed by atoms with Gasteiger partial charge in [0.25, 0.3) is 5.91 Å². The highest BCUT2D eigenvalue weighted by Gasteiger charge is 2.24. The molecule has 0 saturated carbocycles. The van der Waals surface area contributed by atoms with Crippen LogP contribution < -0.4 is 5.32 Å². The first-order chi connectivity index (χ1) is 8.21. The molecule has 0 aromatic heterocycles. The predicted octanol–water partition coefficient (Wildman–Crippen LogP) is 1.68. The summed E-state index contributed by atoms with van der Waals surface area (Å²) in [4.78, 5) is 22.6. The molecule has 0 aliphatic carbocycles. The number of aromatic hydroxyl groups is 1. The Balaban J connectivity index is 2.85. The Labute approximate surface area is 105 Å². The van der Waals surface area contributed by atoms with E-state index >= 15 is 0 Å². The van der Waals surface area contributed by atoms with Crippen molar-refractivity contribution in [2.24, 2.45) is 0 Å². The molecule has 98 valence electrons. The quantitative estimate of drug-likeness (QED) is 0.760. The molecule has 18 heavy (non-hydrogen) atoms. The number of carbonyl (C=O) groups is 2. The number of amides is 1. The van der Waals surface area contributed by atoms with Gasteiger partial charge in [0.2, 0.25) is 0 Å². The van der Waals surface area contributed by atoms with Crippen LogP contribution in [-0.2, 0) is 4.79 Å². The minimum Gasteiger partial charge on any atom is -0.508 e. The molecule has 5 heteroatoms. The number of aliphatic carboxylic acids is 1. The summed E-state index contributed by atoms with van der Waals surface area (Å²) in [6, 6.07) is 4.42. The van der Waals surface area contributed by atoms with E-state index in [4.69, 9.17) is 5.11 Å². The molecule has 5 nitrogen and oxygen atoms in total. The van der Waals surface area contributed by atoms with Crippen LogP contribution in [0.2, 0.25) is 0 Å². The average molecular weight is 251 g/mol. The number of carboxylic acids is 1. The van der Waals surface area contributed by atoms with E-state index in [2.05, 4.69) is 5.32 Å². The first kappa shape index (κ1) is 14.0. The summed E-state index contributed by atoms with van der Waals surface area (Å²) in [5.41, 5.74) is 0.234. The fraction of sp³-hybridized carbons (Fsp3) is 0.385. The van der Waals surface area contributed by atoms with Gasteiger partial charge >= 0.3 is 5.97 Å². The van der Waals surface area contributed by atoms with Crippen LogP contribution >= 0.6 is 0 Å². The zero-order valence-corrected chi connectivity index (χ0v) is 10.7. The molecule has 0 fully saturated rings. The van der Waals surface area contributed by atoms with E-state index in [9.17, 15) is 14.7 Å². The third kappa shape index (κ3) is 3.76. The second kappa shape index (κ2) is 5.08. The summed E-state index contributed by atoms with van der Waals surface area (Å²) in [7, 11) is 0. The minimum atomic E-state index is -0.970. The number of benzene rings is 1. The third-order valence-corrected chi connectivity index (χ3v) is 2.50. The number of nitrogens with one attached hydrogen (secondary N) is 1. The van der Waals surface area contributed by atoms with Crippen LogP contribution in [-0.4, -0.2) is 27.6 Å². The predicted molar refractivity (Wildman–Crippen MR) is 66.6 cm³/mol. The zero-order chi connectivity index (χ0) is 13.9. The van der Waals surface area contributed by atoms with Crippen LogP contribution in [0.4, 0.5) is 0 Å². The Kier molecular flexibility index (Phi) is 3.96. The van der Waals surface area contributed by atoms with Crippen LogP contribution in [0.15, 0.2) is 18.2 Å². The summed E-state index contributed by atoms with van der Waals surface area (Å²) in [6.07, 6.45) is -0.157. The van der Waals surface area contributed by atoms with Crippen LogP contribution in [0, 0.1) is 6.92 Å². The van der Waals surface area contributed by atoms with E-state index < -0.39 is 11.5 Å². The molecule has 0 atom stereocenters. The topological polar surface area (TPSA) is 86.6 Å². The Morgan fingerprint density at radius 2 is 1.94 bits per heavy atom. The summed E-state index contributed by atoms with van der Waals surface area (Å²) in [5.74, 6) is -1.23. The molecule has 0 heterocycles. The Hall–Kier alpha value is -2.04. The highest BCUT2D eigenvalue weighted by Crippen LogP contribution is 2.17. The van der Waals surface area contributed by atoms with E-state index in [0.29, 0.717) is 11.1 Å². The summed E-state index contributed by atoms with van der Waals surface area (Å²) >= 11 is 0. The fourth-order valence-corrected chi connectivity index (χ4v) is 1.70. The molecule has 1 aromatic carbocycles. The van der Waals surface area contributed by atoms with Crippen molar-refractivity contribution in [2.75, 3.05) is 0 Å². The normalized spacial score (nSPS) is 11.1. The van der Waals surface area contributed by atoms with Gasteiger partial charge in [0, 0.05) is 11.1 Å². The second-order valence-electron chi connectivity index (χ2n) is 4.91. The highest BCUT2D eigenvalue weighted by molar-refractivity contribution is 5.96. The summed E-state index contributed by atoms with van der Waals surface area (Å²) < 4.78 is 0. The molecule has 0 spiro atoms. The van der Waals surface area contributed by atoms with Crippen LogP contribution in [0.1, 0.15) is 36.2 Å². The molecular formula is C13H17NO4. The lowest BCUT2D eigenvalue weighted by Gasteiger charge is -2.24. The van der Waals surface area contributed by atoms with Gasteiger partial charge in [-0.2, -0.15) is 0 Å². The zero-order valence-electron chi connectivity index (χ0n) is 10.7. The van der Waals surface area contributed by atoms with Gasteiger partial charge in [-0.05, 0) is 44.5 Å². The maximum atomic E-state index is 12.0. The van der Waals surface area contributed by atoms with Crippen molar-refractivity contribution in [3.05, 3.63) is 29.3 Å². The SMILES string of the molecule is Cc1cc(O)ccc1C(=O)NC(C)(C)CC(=O)O. The molecule has 0 radical (unpaired) electrons. The minimum absolute atomic E-state index is 0.0915. The third-order valence-electron chi connectivity index (χ3n) is 2.50. The van der Waals surface area contributed by atoms with Crippen molar-refractivity contribution in [3.8, 4) is 5.75 Å². The molecule has 1 amide bonds. The number of hydrogen-bond donors (Lipinski definition) is 3. The van der Waals surface area contributed by atoms with E-state index in [1.54, 1.807) is 20.8 Å². The van der Waals surface area contributed by atoms with Gasteiger partial charge in [-0.15, -0.1) is 0 Å². The number of phenolic OH excluding ortho intramolecular Hbond substituents is 1. The monoisotopic (exact) mass is 251 g/mol. The standard InChI is InChI=1S/C13H17NO4/c1-8-6-9(15)4-5-10(8)12(18)14-13(2,3)7-11(16)17/h4-6,15H,7H2,1-3H3,(H,14,18)(H,16,17). The van der Waals surface area contributed by atoms with Crippen molar-refractivity contribution in [1.29, 1.82) is 0 Å². The first-order valence-electron chi connectivity index (χ1n) is 5.55. The summed E-state index contributed by atoms with van der Waals surface area (Å²) in [5, 5.41) is 20.7. The van der Waals surface area contributed by atoms with Crippen molar-refractivity contribution >= 4 is 11.9 Å². The van der Waals surface area contributed by atoms with Crippen LogP contribution in [0.25, 0.3) is 0 Å². The Bertz CT molecular complexity index is 480. The lowest BCUT2D eigenvalue weighted by atomic mass is 9.99. The van der Waals surface area contributed by atoms with E-state index in [1.807, 2.05) is 0 Å². The van der Waals surface area contributed by atoms with Gasteiger partial charge in [0.1, 0.15) is 5.75 Å². The Morgan fingerprint density at radius 1 is 1.33 bits per heavy atom. The van der Waals surface area contributed by atoms with E-state index in [-0.39, 0.29) is 18.1 Å². The van der Waals surface area contributed by atoms with Crippen molar-refractivity contribution in [1.82, 2.24) is 5.32 Å². The second-order valence-corrected chi connectivity index (χ2v) is 4.91. The lowest BCUT2D eigenvalue weighted by molar-refractivity contribution is -0.138. The first-order valence-corrected chi connectivity index (χ1v) is 5.55. The molecule has 0 unspecified atom stereocenters. The Morgan fingerprint density at radius 3 is 2.44 bits per heavy atom. The van der Waals surface area contributed by atoms with Gasteiger partial charge in [-0.1, -0.05) is 0 Å². The fourth-order valence-electron chi connectivity index (χ4n) is 1.70. The molecule has 1 rings (SSSR count).